The summed E-state index contributed by atoms with van der Waals surface area (Å²) in [5, 5.41) is 6.55. The summed E-state index contributed by atoms with van der Waals surface area (Å²) in [6.07, 6.45) is 3.03. The van der Waals surface area contributed by atoms with Crippen LogP contribution in [0.25, 0.3) is 0 Å². The van der Waals surface area contributed by atoms with Gasteiger partial charge in [0.25, 0.3) is 5.91 Å². The number of aryl methyl sites for hydroxylation is 2. The standard InChI is InChI=1S/C19H24ClN5O2/c1-13-9-14(2)18(15(20)10-13)24-19(26)16-11-23-17(12-22-16)21-3-4-25-5-7-27-8-6-25/h9-12H,3-8H2,1-2H3,(H,21,23)(H,24,26). The molecule has 0 unspecified atom stereocenters. The van der Waals surface area contributed by atoms with Gasteiger partial charge in [-0.25, -0.2) is 9.97 Å². The summed E-state index contributed by atoms with van der Waals surface area (Å²) < 4.78 is 5.33. The lowest BCUT2D eigenvalue weighted by Crippen LogP contribution is -2.39. The van der Waals surface area contributed by atoms with Gasteiger partial charge < -0.3 is 15.4 Å². The fourth-order valence-electron chi connectivity index (χ4n) is 2.96. The number of anilines is 2. The van der Waals surface area contributed by atoms with Gasteiger partial charge in [0, 0.05) is 26.2 Å². The van der Waals surface area contributed by atoms with Crippen LogP contribution in [0.2, 0.25) is 5.02 Å². The molecule has 0 atom stereocenters. The first kappa shape index (κ1) is 19.5. The maximum absolute atomic E-state index is 12.4. The molecule has 7 nitrogen and oxygen atoms in total. The first-order valence-electron chi connectivity index (χ1n) is 8.97. The molecule has 144 valence electrons. The van der Waals surface area contributed by atoms with E-state index in [0.29, 0.717) is 16.5 Å². The second kappa shape index (κ2) is 9.12. The minimum absolute atomic E-state index is 0.241. The van der Waals surface area contributed by atoms with Gasteiger partial charge in [0.05, 0.1) is 36.3 Å². The maximum atomic E-state index is 12.4. The zero-order valence-corrected chi connectivity index (χ0v) is 16.3. The van der Waals surface area contributed by atoms with E-state index in [1.165, 1.54) is 6.20 Å². The average molecular weight is 390 g/mol. The summed E-state index contributed by atoms with van der Waals surface area (Å²) in [6, 6.07) is 3.78. The number of hydrogen-bond acceptors (Lipinski definition) is 6. The zero-order valence-electron chi connectivity index (χ0n) is 15.6. The van der Waals surface area contributed by atoms with Crippen molar-refractivity contribution in [2.45, 2.75) is 13.8 Å². The van der Waals surface area contributed by atoms with Crippen molar-refractivity contribution in [1.82, 2.24) is 14.9 Å². The van der Waals surface area contributed by atoms with Crippen LogP contribution in [0.3, 0.4) is 0 Å². The highest BCUT2D eigenvalue weighted by molar-refractivity contribution is 6.34. The van der Waals surface area contributed by atoms with Crippen molar-refractivity contribution in [2.75, 3.05) is 50.0 Å². The summed E-state index contributed by atoms with van der Waals surface area (Å²) in [4.78, 5) is 23.2. The maximum Gasteiger partial charge on any atom is 0.275 e. The molecule has 0 saturated carbocycles. The Morgan fingerprint density at radius 2 is 2.00 bits per heavy atom. The van der Waals surface area contributed by atoms with Crippen molar-refractivity contribution in [3.63, 3.8) is 0 Å². The topological polar surface area (TPSA) is 79.4 Å². The largest absolute Gasteiger partial charge is 0.379 e. The molecular formula is C19H24ClN5O2. The predicted molar refractivity (Wildman–Crippen MR) is 107 cm³/mol. The van der Waals surface area contributed by atoms with Crippen molar-refractivity contribution >= 4 is 29.0 Å². The van der Waals surface area contributed by atoms with Crippen LogP contribution < -0.4 is 10.6 Å². The van der Waals surface area contributed by atoms with Crippen LogP contribution in [0.1, 0.15) is 21.6 Å². The van der Waals surface area contributed by atoms with E-state index in [4.69, 9.17) is 16.3 Å². The monoisotopic (exact) mass is 389 g/mol. The molecule has 1 amide bonds. The third-order valence-electron chi connectivity index (χ3n) is 4.39. The molecule has 2 N–H and O–H groups in total. The Morgan fingerprint density at radius 1 is 1.22 bits per heavy atom. The van der Waals surface area contributed by atoms with E-state index in [1.54, 1.807) is 6.20 Å². The third kappa shape index (κ3) is 5.38. The minimum Gasteiger partial charge on any atom is -0.379 e. The highest BCUT2D eigenvalue weighted by Gasteiger charge is 2.13. The van der Waals surface area contributed by atoms with E-state index in [2.05, 4.69) is 25.5 Å². The van der Waals surface area contributed by atoms with Crippen molar-refractivity contribution < 1.29 is 9.53 Å². The number of morpholine rings is 1. The summed E-state index contributed by atoms with van der Waals surface area (Å²) in [5.41, 5.74) is 2.79. The van der Waals surface area contributed by atoms with Crippen molar-refractivity contribution in [3.05, 3.63) is 46.4 Å². The Bertz CT molecular complexity index is 768. The number of amides is 1. The molecule has 8 heteroatoms. The van der Waals surface area contributed by atoms with E-state index in [0.717, 1.165) is 50.5 Å². The van der Waals surface area contributed by atoms with Crippen LogP contribution in [0.5, 0.6) is 0 Å². The number of benzene rings is 1. The van der Waals surface area contributed by atoms with Crippen LogP contribution in [0.4, 0.5) is 11.5 Å². The first-order chi connectivity index (χ1) is 13.0. The summed E-state index contributed by atoms with van der Waals surface area (Å²) in [7, 11) is 0. The van der Waals surface area contributed by atoms with Gasteiger partial charge in [-0.3, -0.25) is 9.69 Å². The number of hydrogen-bond donors (Lipinski definition) is 2. The third-order valence-corrected chi connectivity index (χ3v) is 4.69. The molecule has 1 aliphatic heterocycles. The Kier molecular flexibility index (Phi) is 6.60. The van der Waals surface area contributed by atoms with Crippen molar-refractivity contribution in [2.24, 2.45) is 0 Å². The highest BCUT2D eigenvalue weighted by Crippen LogP contribution is 2.27. The summed E-state index contributed by atoms with van der Waals surface area (Å²) >= 11 is 6.24. The van der Waals surface area contributed by atoms with Gasteiger partial charge in [-0.15, -0.1) is 0 Å². The Balaban J connectivity index is 1.54. The first-order valence-corrected chi connectivity index (χ1v) is 9.35. The summed E-state index contributed by atoms with van der Waals surface area (Å²) in [5.74, 6) is 0.306. The molecule has 1 fully saturated rings. The van der Waals surface area contributed by atoms with E-state index in [9.17, 15) is 4.79 Å². The van der Waals surface area contributed by atoms with Crippen molar-refractivity contribution in [3.8, 4) is 0 Å². The van der Waals surface area contributed by atoms with Gasteiger partial charge in [-0.05, 0) is 31.0 Å². The van der Waals surface area contributed by atoms with Crippen LogP contribution in [0, 0.1) is 13.8 Å². The number of nitrogens with one attached hydrogen (secondary N) is 2. The molecule has 0 spiro atoms. The number of carbonyl (C=O) groups is 1. The second-order valence-corrected chi connectivity index (χ2v) is 6.97. The quantitative estimate of drug-likeness (QED) is 0.790. The number of carbonyl (C=O) groups excluding carboxylic acids is 1. The Labute approximate surface area is 164 Å². The van der Waals surface area contributed by atoms with Gasteiger partial charge in [0.15, 0.2) is 0 Å². The van der Waals surface area contributed by atoms with Gasteiger partial charge in [0.2, 0.25) is 0 Å². The molecule has 0 aliphatic carbocycles. The lowest BCUT2D eigenvalue weighted by Gasteiger charge is -2.26. The SMILES string of the molecule is Cc1cc(C)c(NC(=O)c2cnc(NCCN3CCOCC3)cn2)c(Cl)c1. The highest BCUT2D eigenvalue weighted by atomic mass is 35.5. The molecule has 2 aromatic rings. The molecule has 0 radical (unpaired) electrons. The molecule has 1 saturated heterocycles. The lowest BCUT2D eigenvalue weighted by atomic mass is 10.1. The minimum atomic E-state index is -0.337. The molecule has 1 aromatic carbocycles. The predicted octanol–water partition coefficient (Wildman–Crippen LogP) is 2.74. The number of ether oxygens (including phenoxy) is 1. The second-order valence-electron chi connectivity index (χ2n) is 6.56. The van der Waals surface area contributed by atoms with E-state index >= 15 is 0 Å². The number of halogens is 1. The molecule has 0 bridgehead atoms. The lowest BCUT2D eigenvalue weighted by molar-refractivity contribution is 0.0398. The number of aromatic nitrogens is 2. The van der Waals surface area contributed by atoms with Gasteiger partial charge in [-0.2, -0.15) is 0 Å². The Morgan fingerprint density at radius 3 is 2.67 bits per heavy atom. The van der Waals surface area contributed by atoms with Gasteiger partial charge >= 0.3 is 0 Å². The van der Waals surface area contributed by atoms with Crippen molar-refractivity contribution in [1.29, 1.82) is 0 Å². The number of nitrogens with zero attached hydrogens (tertiary/aromatic N) is 3. The van der Waals surface area contributed by atoms with E-state index in [1.807, 2.05) is 26.0 Å². The molecule has 3 rings (SSSR count). The van der Waals surface area contributed by atoms with Crippen LogP contribution in [0.15, 0.2) is 24.5 Å². The molecule has 1 aliphatic rings. The van der Waals surface area contributed by atoms with Crippen LogP contribution in [-0.4, -0.2) is 60.2 Å². The molecule has 1 aromatic heterocycles. The smallest absolute Gasteiger partial charge is 0.275 e. The molecule has 27 heavy (non-hydrogen) atoms. The van der Waals surface area contributed by atoms with Crippen LogP contribution in [-0.2, 0) is 4.74 Å². The average Bonchev–Trinajstić information content (AvgIpc) is 2.66. The van der Waals surface area contributed by atoms with Crippen LogP contribution >= 0.6 is 11.6 Å². The molecule has 2 heterocycles. The zero-order chi connectivity index (χ0) is 19.2. The normalized spacial score (nSPS) is 14.8. The van der Waals surface area contributed by atoms with E-state index in [-0.39, 0.29) is 11.6 Å². The van der Waals surface area contributed by atoms with E-state index < -0.39 is 0 Å². The fourth-order valence-corrected chi connectivity index (χ4v) is 3.32. The number of rotatable bonds is 6. The van der Waals surface area contributed by atoms with Gasteiger partial charge in [0.1, 0.15) is 11.5 Å². The Hall–Kier alpha value is -2.22. The molecular weight excluding hydrogens is 366 g/mol. The fraction of sp³-hybridized carbons (Fsp3) is 0.421. The van der Waals surface area contributed by atoms with Gasteiger partial charge in [-0.1, -0.05) is 17.7 Å². The summed E-state index contributed by atoms with van der Waals surface area (Å²) in [6.45, 7) is 9.02.